The van der Waals surface area contributed by atoms with E-state index in [1.165, 1.54) is 12.1 Å². The Balaban J connectivity index is 1.04. The summed E-state index contributed by atoms with van der Waals surface area (Å²) in [7, 11) is 0. The van der Waals surface area contributed by atoms with Gasteiger partial charge in [-0.25, -0.2) is 17.6 Å². The van der Waals surface area contributed by atoms with Gasteiger partial charge in [0.2, 0.25) is 0 Å². The van der Waals surface area contributed by atoms with Crippen molar-refractivity contribution in [3.8, 4) is 0 Å². The van der Waals surface area contributed by atoms with Gasteiger partial charge in [-0.1, -0.05) is 35.3 Å². The Hall–Kier alpha value is -2.76. The highest BCUT2D eigenvalue weighted by molar-refractivity contribution is 7.99. The van der Waals surface area contributed by atoms with Gasteiger partial charge >= 0.3 is 0 Å². The zero-order valence-electron chi connectivity index (χ0n) is 22.8. The van der Waals surface area contributed by atoms with Crippen LogP contribution in [-0.2, 0) is 26.4 Å². The Bertz CT molecular complexity index is 1610. The minimum atomic E-state index is -2.80. The molecule has 4 aliphatic heterocycles. The van der Waals surface area contributed by atoms with Crippen LogP contribution in [0.3, 0.4) is 0 Å². The number of rotatable bonds is 5. The number of hydrogen-bond acceptors (Lipinski definition) is 6. The van der Waals surface area contributed by atoms with Gasteiger partial charge in [-0.2, -0.15) is 0 Å². The molecule has 224 valence electrons. The lowest BCUT2D eigenvalue weighted by Crippen LogP contribution is -2.61. The molecule has 12 heteroatoms. The predicted molar refractivity (Wildman–Crippen MR) is 161 cm³/mol. The molecule has 0 N–H and O–H groups in total. The average Bonchev–Trinajstić information content (AvgIpc) is 3.63. The first-order valence-corrected chi connectivity index (χ1v) is 15.4. The number of likely N-dealkylation sites (tertiary alicyclic amines) is 1. The Kier molecular flexibility index (Phi) is 7.41. The smallest absolute Gasteiger partial charge is 0.259 e. The quantitative estimate of drug-likeness (QED) is 0.224. The molecule has 2 fully saturated rings. The lowest BCUT2D eigenvalue weighted by atomic mass is 9.83. The van der Waals surface area contributed by atoms with Crippen LogP contribution in [0.4, 0.5) is 18.9 Å². The summed E-state index contributed by atoms with van der Waals surface area (Å²) in [4.78, 5) is 17.2. The molecule has 7 rings (SSSR count). The van der Waals surface area contributed by atoms with E-state index < -0.39 is 22.6 Å². The summed E-state index contributed by atoms with van der Waals surface area (Å²) in [5, 5.41) is -0.621. The van der Waals surface area contributed by atoms with E-state index in [0.717, 1.165) is 41.9 Å². The number of morpholine rings is 1. The number of benzene rings is 3. The first kappa shape index (κ1) is 29.0. The largest absolute Gasteiger partial charge is 0.378 e. The van der Waals surface area contributed by atoms with E-state index in [0.29, 0.717) is 49.7 Å². The standard InChI is InChI=1S/C31H26Cl2F3N3O3S/c32-24-12-21(13-25(33)27(24)34)31(29(35)36)14-26(37-43-31)19-3-6-23-20(11-19)15-42-30(23)16-39(17-30)28(40)18-1-4-22(5-2-18)38-7-9-41-10-8-38/h1-6,11-13,29H,7-10,14-17H2. The molecule has 0 aromatic heterocycles. The summed E-state index contributed by atoms with van der Waals surface area (Å²) >= 11 is 12.6. The topological polar surface area (TPSA) is 54.4 Å². The number of anilines is 1. The summed E-state index contributed by atoms with van der Waals surface area (Å²) in [5.74, 6) is -0.888. The van der Waals surface area contributed by atoms with Crippen molar-refractivity contribution in [2.75, 3.05) is 44.3 Å². The molecule has 1 spiro atoms. The second-order valence-corrected chi connectivity index (χ2v) is 13.1. The van der Waals surface area contributed by atoms with E-state index in [9.17, 15) is 18.0 Å². The van der Waals surface area contributed by atoms with Crippen molar-refractivity contribution in [1.82, 2.24) is 4.90 Å². The van der Waals surface area contributed by atoms with Crippen molar-refractivity contribution < 1.29 is 27.4 Å². The Morgan fingerprint density at radius 2 is 1.70 bits per heavy atom. The molecule has 2 saturated heterocycles. The van der Waals surface area contributed by atoms with Crippen molar-refractivity contribution >= 4 is 52.5 Å². The number of halogens is 5. The van der Waals surface area contributed by atoms with Crippen LogP contribution in [0.5, 0.6) is 0 Å². The second-order valence-electron chi connectivity index (χ2n) is 11.2. The molecule has 0 saturated carbocycles. The Morgan fingerprint density at radius 3 is 2.37 bits per heavy atom. The summed E-state index contributed by atoms with van der Waals surface area (Å²) in [6.07, 6.45) is -2.88. The fourth-order valence-electron chi connectivity index (χ4n) is 6.23. The van der Waals surface area contributed by atoms with Crippen molar-refractivity contribution in [3.05, 3.63) is 98.3 Å². The third-order valence-corrected chi connectivity index (χ3v) is 10.4. The van der Waals surface area contributed by atoms with Gasteiger partial charge in [0, 0.05) is 30.8 Å². The van der Waals surface area contributed by atoms with Crippen LogP contribution in [0.25, 0.3) is 0 Å². The van der Waals surface area contributed by atoms with Crippen molar-refractivity contribution in [2.24, 2.45) is 4.40 Å². The molecule has 1 atom stereocenters. The molecule has 3 aromatic rings. The van der Waals surface area contributed by atoms with Crippen LogP contribution in [0.15, 0.2) is 59.0 Å². The summed E-state index contributed by atoms with van der Waals surface area (Å²) < 4.78 is 57.3. The molecule has 4 heterocycles. The van der Waals surface area contributed by atoms with Crippen LogP contribution in [-0.4, -0.2) is 62.3 Å². The highest BCUT2D eigenvalue weighted by Gasteiger charge is 2.52. The maximum absolute atomic E-state index is 14.5. The SMILES string of the molecule is O=C(c1ccc(N2CCOCC2)cc1)N1CC2(C1)OCc1cc(C3=NSC(c4cc(Cl)c(F)c(Cl)c4)(C(F)F)C3)ccc12. The van der Waals surface area contributed by atoms with Crippen molar-refractivity contribution in [2.45, 2.75) is 29.8 Å². The van der Waals surface area contributed by atoms with Crippen LogP contribution in [0, 0.1) is 5.82 Å². The zero-order chi connectivity index (χ0) is 29.9. The minimum absolute atomic E-state index is 0.0468. The third-order valence-electron chi connectivity index (χ3n) is 8.68. The van der Waals surface area contributed by atoms with Gasteiger partial charge in [0.15, 0.2) is 5.82 Å². The van der Waals surface area contributed by atoms with Crippen LogP contribution < -0.4 is 4.90 Å². The molecule has 4 aliphatic rings. The van der Waals surface area contributed by atoms with E-state index in [-0.39, 0.29) is 27.9 Å². The van der Waals surface area contributed by atoms with E-state index >= 15 is 0 Å². The summed E-state index contributed by atoms with van der Waals surface area (Å²) in [5.41, 5.74) is 4.38. The molecule has 0 bridgehead atoms. The predicted octanol–water partition coefficient (Wildman–Crippen LogP) is 6.85. The van der Waals surface area contributed by atoms with Gasteiger partial charge in [0.1, 0.15) is 10.3 Å². The summed E-state index contributed by atoms with van der Waals surface area (Å²) in [6, 6.07) is 15.8. The Labute approximate surface area is 260 Å². The van der Waals surface area contributed by atoms with Crippen molar-refractivity contribution in [3.63, 3.8) is 0 Å². The number of carbonyl (C=O) groups excluding carboxylic acids is 1. The fourth-order valence-corrected chi connectivity index (χ4v) is 7.66. The van der Waals surface area contributed by atoms with Crippen LogP contribution in [0.1, 0.15) is 39.0 Å². The molecule has 1 amide bonds. The molecular weight excluding hydrogens is 622 g/mol. The number of hydrogen-bond donors (Lipinski definition) is 0. The average molecular weight is 649 g/mol. The van der Waals surface area contributed by atoms with Crippen molar-refractivity contribution in [1.29, 1.82) is 0 Å². The van der Waals surface area contributed by atoms with Gasteiger partial charge in [0.25, 0.3) is 12.3 Å². The molecule has 0 aliphatic carbocycles. The van der Waals surface area contributed by atoms with Crippen LogP contribution in [0.2, 0.25) is 10.0 Å². The fraction of sp³-hybridized carbons (Fsp3) is 0.355. The molecule has 3 aromatic carbocycles. The normalized spacial score (nSPS) is 22.6. The van der Waals surface area contributed by atoms with Crippen LogP contribution >= 0.6 is 35.1 Å². The maximum Gasteiger partial charge on any atom is 0.259 e. The van der Waals surface area contributed by atoms with E-state index in [1.54, 1.807) is 4.90 Å². The van der Waals surface area contributed by atoms with Gasteiger partial charge in [-0.3, -0.25) is 4.79 Å². The Morgan fingerprint density at radius 1 is 1.00 bits per heavy atom. The monoisotopic (exact) mass is 647 g/mol. The van der Waals surface area contributed by atoms with Gasteiger partial charge in [0.05, 0.1) is 48.7 Å². The number of ether oxygens (including phenoxy) is 2. The minimum Gasteiger partial charge on any atom is -0.378 e. The molecule has 6 nitrogen and oxygen atoms in total. The maximum atomic E-state index is 14.5. The molecule has 43 heavy (non-hydrogen) atoms. The first-order valence-electron chi connectivity index (χ1n) is 13.9. The first-order chi connectivity index (χ1) is 20.7. The lowest BCUT2D eigenvalue weighted by Gasteiger charge is -2.47. The van der Waals surface area contributed by atoms with E-state index in [2.05, 4.69) is 9.30 Å². The number of amides is 1. The highest BCUT2D eigenvalue weighted by Crippen LogP contribution is 2.52. The number of nitrogens with zero attached hydrogens (tertiary/aromatic N) is 3. The second kappa shape index (κ2) is 11.0. The van der Waals surface area contributed by atoms with Gasteiger partial charge < -0.3 is 19.3 Å². The number of alkyl halides is 2. The van der Waals surface area contributed by atoms with Gasteiger partial charge in [-0.15, -0.1) is 0 Å². The number of carbonyl (C=O) groups is 1. The molecular formula is C31H26Cl2F3N3O3S. The van der Waals surface area contributed by atoms with Gasteiger partial charge in [-0.05, 0) is 76.7 Å². The van der Waals surface area contributed by atoms with E-state index in [1.807, 2.05) is 42.5 Å². The third kappa shape index (κ3) is 4.91. The zero-order valence-corrected chi connectivity index (χ0v) is 25.1. The van der Waals surface area contributed by atoms with E-state index in [4.69, 9.17) is 32.7 Å². The lowest BCUT2D eigenvalue weighted by molar-refractivity contribution is -0.126. The molecule has 1 unspecified atom stereocenters. The highest BCUT2D eigenvalue weighted by atomic mass is 35.5. The molecule has 0 radical (unpaired) electrons. The number of fused-ring (bicyclic) bond motifs is 2. The summed E-state index contributed by atoms with van der Waals surface area (Å²) in [6.45, 7) is 4.27.